The van der Waals surface area contributed by atoms with Crippen LogP contribution in [0.2, 0.25) is 0 Å². The summed E-state index contributed by atoms with van der Waals surface area (Å²) in [5, 5.41) is 13.2. The van der Waals surface area contributed by atoms with Gasteiger partial charge in [0, 0.05) is 0 Å². The van der Waals surface area contributed by atoms with Gasteiger partial charge in [0.2, 0.25) is 0 Å². The van der Waals surface area contributed by atoms with Gasteiger partial charge in [-0.1, -0.05) is 19.0 Å². The molecule has 13 heavy (non-hydrogen) atoms. The lowest BCUT2D eigenvalue weighted by molar-refractivity contribution is -0.202. The van der Waals surface area contributed by atoms with Crippen LogP contribution in [0.25, 0.3) is 0 Å². The molecule has 0 heterocycles. The number of aliphatic hydroxyl groups is 1. The molecule has 4 unspecified atom stereocenters. The molecule has 0 amide bonds. The zero-order chi connectivity index (χ0) is 9.85. The number of hydrogen-bond acceptors (Lipinski definition) is 3. The Kier molecular flexibility index (Phi) is 1.63. The number of rotatable bonds is 1. The second kappa shape index (κ2) is 2.32. The molecule has 3 saturated carbocycles. The third-order valence-corrected chi connectivity index (χ3v) is 4.49. The van der Waals surface area contributed by atoms with Gasteiger partial charge in [0.05, 0.1) is 5.60 Å². The maximum Gasteiger partial charge on any atom is 0.121 e. The van der Waals surface area contributed by atoms with Gasteiger partial charge < -0.3 is 5.11 Å². The van der Waals surface area contributed by atoms with E-state index in [1.807, 2.05) is 0 Å². The fraction of sp³-hybridized carbons (Fsp3) is 1.00. The van der Waals surface area contributed by atoms with Crippen LogP contribution in [0.3, 0.4) is 0 Å². The number of nitrogens with zero attached hydrogens (tertiary/aromatic N) is 1. The lowest BCUT2D eigenvalue weighted by Gasteiger charge is -2.63. The summed E-state index contributed by atoms with van der Waals surface area (Å²) in [6.07, 6.45) is 1.83. The van der Waals surface area contributed by atoms with E-state index < -0.39 is 5.60 Å². The molecule has 0 spiro atoms. The molecule has 0 aliphatic heterocycles. The van der Waals surface area contributed by atoms with E-state index >= 15 is 0 Å². The summed E-state index contributed by atoms with van der Waals surface area (Å²) >= 11 is 0. The van der Waals surface area contributed by atoms with Crippen molar-refractivity contribution in [3.63, 3.8) is 0 Å². The SMILES string of the molecule is CC1(C)C2CC(N=O)C(C)(O)C1C2. The Labute approximate surface area is 78.5 Å². The van der Waals surface area contributed by atoms with Crippen molar-refractivity contribution in [2.75, 3.05) is 0 Å². The summed E-state index contributed by atoms with van der Waals surface area (Å²) in [6.45, 7) is 6.13. The van der Waals surface area contributed by atoms with E-state index in [1.54, 1.807) is 6.92 Å². The molecule has 3 aliphatic rings. The first kappa shape index (κ1) is 9.13. The molecule has 4 atom stereocenters. The molecular formula is C10H17NO2. The zero-order valence-electron chi connectivity index (χ0n) is 8.45. The van der Waals surface area contributed by atoms with Crippen LogP contribution in [-0.2, 0) is 0 Å². The smallest absolute Gasteiger partial charge is 0.121 e. The molecule has 74 valence electrons. The van der Waals surface area contributed by atoms with Crippen molar-refractivity contribution in [3.05, 3.63) is 4.91 Å². The number of fused-ring (bicyclic) bond motifs is 2. The topological polar surface area (TPSA) is 49.7 Å². The molecule has 3 aliphatic carbocycles. The van der Waals surface area contributed by atoms with Crippen molar-refractivity contribution < 1.29 is 5.11 Å². The third kappa shape index (κ3) is 0.938. The summed E-state index contributed by atoms with van der Waals surface area (Å²) in [5.74, 6) is 0.835. The Balaban J connectivity index is 2.28. The maximum atomic E-state index is 10.5. The Bertz CT molecular complexity index is 247. The Morgan fingerprint density at radius 3 is 2.31 bits per heavy atom. The van der Waals surface area contributed by atoms with Crippen molar-refractivity contribution in [2.45, 2.75) is 45.3 Å². The van der Waals surface area contributed by atoms with Gasteiger partial charge in [-0.25, -0.2) is 0 Å². The van der Waals surface area contributed by atoms with E-state index in [0.29, 0.717) is 5.92 Å². The lowest BCUT2D eigenvalue weighted by Crippen LogP contribution is -2.65. The minimum absolute atomic E-state index is 0.199. The normalized spacial score (nSPS) is 52.5. The van der Waals surface area contributed by atoms with Crippen molar-refractivity contribution in [1.29, 1.82) is 0 Å². The molecule has 3 fully saturated rings. The van der Waals surface area contributed by atoms with E-state index in [1.165, 1.54) is 0 Å². The van der Waals surface area contributed by atoms with Gasteiger partial charge in [0.15, 0.2) is 0 Å². The first-order valence-electron chi connectivity index (χ1n) is 4.95. The average Bonchev–Trinajstić information content (AvgIpc) is 2.01. The van der Waals surface area contributed by atoms with Gasteiger partial charge in [-0.2, -0.15) is 4.91 Å². The monoisotopic (exact) mass is 183 g/mol. The van der Waals surface area contributed by atoms with E-state index in [4.69, 9.17) is 0 Å². The van der Waals surface area contributed by atoms with Crippen LogP contribution in [0.5, 0.6) is 0 Å². The van der Waals surface area contributed by atoms with Crippen LogP contribution in [0.1, 0.15) is 33.6 Å². The van der Waals surface area contributed by atoms with Crippen molar-refractivity contribution in [1.82, 2.24) is 0 Å². The molecule has 3 nitrogen and oxygen atoms in total. The largest absolute Gasteiger partial charge is 0.387 e. The minimum Gasteiger partial charge on any atom is -0.387 e. The average molecular weight is 183 g/mol. The highest BCUT2D eigenvalue weighted by Gasteiger charge is 2.63. The molecule has 0 aromatic rings. The van der Waals surface area contributed by atoms with Gasteiger partial charge in [0.25, 0.3) is 0 Å². The molecule has 0 aromatic heterocycles. The quantitative estimate of drug-likeness (QED) is 0.631. The minimum atomic E-state index is -0.875. The van der Waals surface area contributed by atoms with Crippen molar-refractivity contribution in [3.8, 4) is 0 Å². The van der Waals surface area contributed by atoms with E-state index in [9.17, 15) is 10.0 Å². The molecular weight excluding hydrogens is 166 g/mol. The van der Waals surface area contributed by atoms with Crippen LogP contribution in [0.4, 0.5) is 0 Å². The predicted octanol–water partition coefficient (Wildman–Crippen LogP) is 1.94. The second-order valence-electron chi connectivity index (χ2n) is 5.39. The molecule has 2 bridgehead atoms. The zero-order valence-corrected chi connectivity index (χ0v) is 8.45. The van der Waals surface area contributed by atoms with Crippen LogP contribution in [0.15, 0.2) is 5.18 Å². The first-order valence-corrected chi connectivity index (χ1v) is 4.95. The number of hydrogen-bond donors (Lipinski definition) is 1. The summed E-state index contributed by atoms with van der Waals surface area (Å²) in [5.41, 5.74) is -0.676. The standard InChI is InChI=1S/C10H17NO2/c1-9(2)6-4-7(9)10(3,12)8(5-6)11-13/h6-8,12H,4-5H2,1-3H3. The van der Waals surface area contributed by atoms with Crippen LogP contribution >= 0.6 is 0 Å². The van der Waals surface area contributed by atoms with Gasteiger partial charge in [-0.05, 0) is 37.0 Å². The lowest BCUT2D eigenvalue weighted by atomic mass is 9.43. The highest BCUT2D eigenvalue weighted by Crippen LogP contribution is 2.63. The summed E-state index contributed by atoms with van der Waals surface area (Å²) < 4.78 is 0. The second-order valence-corrected chi connectivity index (χ2v) is 5.39. The summed E-state index contributed by atoms with van der Waals surface area (Å²) in [6, 6.07) is -0.385. The molecule has 3 rings (SSSR count). The Morgan fingerprint density at radius 1 is 1.31 bits per heavy atom. The Morgan fingerprint density at radius 2 is 1.92 bits per heavy atom. The highest BCUT2D eigenvalue weighted by atomic mass is 16.3. The van der Waals surface area contributed by atoms with Crippen molar-refractivity contribution in [2.24, 2.45) is 22.4 Å². The molecule has 0 radical (unpaired) electrons. The fourth-order valence-electron chi connectivity index (χ4n) is 3.30. The van der Waals surface area contributed by atoms with E-state index in [2.05, 4.69) is 19.0 Å². The van der Waals surface area contributed by atoms with E-state index in [0.717, 1.165) is 12.8 Å². The van der Waals surface area contributed by atoms with Crippen molar-refractivity contribution >= 4 is 0 Å². The van der Waals surface area contributed by atoms with Gasteiger partial charge >= 0.3 is 0 Å². The molecule has 1 N–H and O–H groups in total. The third-order valence-electron chi connectivity index (χ3n) is 4.49. The van der Waals surface area contributed by atoms with Crippen LogP contribution in [0, 0.1) is 22.2 Å². The molecule has 0 saturated heterocycles. The summed E-state index contributed by atoms with van der Waals surface area (Å²) in [7, 11) is 0. The molecule has 0 aromatic carbocycles. The summed E-state index contributed by atoms with van der Waals surface area (Å²) in [4.78, 5) is 10.5. The Hall–Kier alpha value is -0.440. The fourth-order valence-corrected chi connectivity index (χ4v) is 3.30. The van der Waals surface area contributed by atoms with Gasteiger partial charge in [-0.3, -0.25) is 0 Å². The van der Waals surface area contributed by atoms with E-state index in [-0.39, 0.29) is 17.4 Å². The number of nitroso groups, excluding NO2 is 1. The maximum absolute atomic E-state index is 10.5. The molecule has 3 heteroatoms. The van der Waals surface area contributed by atoms with Crippen LogP contribution < -0.4 is 0 Å². The van der Waals surface area contributed by atoms with Gasteiger partial charge in [0.1, 0.15) is 6.04 Å². The first-order chi connectivity index (χ1) is 5.90. The van der Waals surface area contributed by atoms with Gasteiger partial charge in [-0.15, -0.1) is 0 Å². The highest BCUT2D eigenvalue weighted by molar-refractivity contribution is 5.14. The predicted molar refractivity (Wildman–Crippen MR) is 50.2 cm³/mol. The van der Waals surface area contributed by atoms with Crippen LogP contribution in [-0.4, -0.2) is 16.7 Å².